The van der Waals surface area contributed by atoms with Crippen molar-refractivity contribution in [3.63, 3.8) is 0 Å². The van der Waals surface area contributed by atoms with Crippen molar-refractivity contribution in [3.05, 3.63) is 30.5 Å². The summed E-state index contributed by atoms with van der Waals surface area (Å²) in [6.45, 7) is 23.3. The molecule has 0 spiro atoms. The molecule has 2 heterocycles. The number of nitrogens with zero attached hydrogens (tertiary/aromatic N) is 2. The molecule has 1 aromatic heterocycles. The maximum Gasteiger partial charge on any atom is 0.494 e. The van der Waals surface area contributed by atoms with Crippen molar-refractivity contribution in [2.24, 2.45) is 0 Å². The Hall–Kier alpha value is -2.32. The Morgan fingerprint density at radius 3 is 2.03 bits per heavy atom. The van der Waals surface area contributed by atoms with E-state index in [1.165, 1.54) is 4.68 Å². The number of carbonyl (C=O) groups is 1. The molecule has 0 amide bonds. The maximum atomic E-state index is 13.0. The lowest BCUT2D eigenvalue weighted by atomic mass is 9.78. The highest BCUT2D eigenvalue weighted by molar-refractivity contribution is 6.62. The highest BCUT2D eigenvalue weighted by atomic mass is 16.7. The van der Waals surface area contributed by atoms with E-state index in [9.17, 15) is 4.79 Å². The fourth-order valence-corrected chi connectivity index (χ4v) is 3.33. The summed E-state index contributed by atoms with van der Waals surface area (Å²) >= 11 is 0. The van der Waals surface area contributed by atoms with Gasteiger partial charge < -0.3 is 18.8 Å². The molecule has 0 aliphatic carbocycles. The van der Waals surface area contributed by atoms with Gasteiger partial charge in [-0.15, -0.1) is 0 Å². The van der Waals surface area contributed by atoms with E-state index in [0.29, 0.717) is 17.0 Å². The van der Waals surface area contributed by atoms with Gasteiger partial charge in [0.1, 0.15) is 22.7 Å². The zero-order valence-electron chi connectivity index (χ0n) is 21.0. The van der Waals surface area contributed by atoms with Gasteiger partial charge in [0.2, 0.25) is 0 Å². The fraction of sp³-hybridized carbons (Fsp3) is 0.583. The van der Waals surface area contributed by atoms with Crippen LogP contribution in [0.2, 0.25) is 0 Å². The minimum absolute atomic E-state index is 0.383. The molecule has 1 saturated heterocycles. The lowest BCUT2D eigenvalue weighted by Crippen LogP contribution is -2.41. The van der Waals surface area contributed by atoms with Crippen LogP contribution in [0.3, 0.4) is 0 Å². The molecule has 0 unspecified atom stereocenters. The Labute approximate surface area is 191 Å². The smallest absolute Gasteiger partial charge is 0.486 e. The zero-order chi connectivity index (χ0) is 24.3. The average Bonchev–Trinajstić information content (AvgIpc) is 3.06. The van der Waals surface area contributed by atoms with E-state index in [1.807, 2.05) is 87.4 Å². The number of benzene rings is 1. The van der Waals surface area contributed by atoms with Gasteiger partial charge in [0.05, 0.1) is 16.7 Å². The molecule has 0 bridgehead atoms. The summed E-state index contributed by atoms with van der Waals surface area (Å²) in [5.41, 5.74) is -0.230. The molecule has 8 heteroatoms. The van der Waals surface area contributed by atoms with Gasteiger partial charge in [0.25, 0.3) is 0 Å². The minimum atomic E-state index is -0.669. The molecule has 2 aromatic rings. The highest BCUT2D eigenvalue weighted by Gasteiger charge is 2.51. The van der Waals surface area contributed by atoms with Crippen LogP contribution < -0.4 is 5.46 Å². The molecule has 1 fully saturated rings. The lowest BCUT2D eigenvalue weighted by Gasteiger charge is -2.32. The van der Waals surface area contributed by atoms with Gasteiger partial charge in [0.15, 0.2) is 0 Å². The standard InChI is InChI=1S/C24H35BN2O5/c1-15(29-21(2,3)4)19-17-13-12-16(25-31-23(8,9)24(10,11)32-25)14-18(17)27(26-19)20(28)30-22(5,6)7/h12-14H,1H2,2-11H3. The summed E-state index contributed by atoms with van der Waals surface area (Å²) in [4.78, 5) is 13.0. The van der Waals surface area contributed by atoms with Crippen LogP contribution in [0.15, 0.2) is 24.8 Å². The fourth-order valence-electron chi connectivity index (χ4n) is 3.33. The summed E-state index contributed by atoms with van der Waals surface area (Å²) < 4.78 is 25.2. The van der Waals surface area contributed by atoms with Crippen LogP contribution in [0.4, 0.5) is 4.79 Å². The van der Waals surface area contributed by atoms with Gasteiger partial charge in [0, 0.05) is 5.39 Å². The normalized spacial score (nSPS) is 18.1. The molecule has 0 radical (unpaired) electrons. The van der Waals surface area contributed by atoms with Crippen LogP contribution in [0.1, 0.15) is 74.9 Å². The molecule has 3 rings (SSSR count). The van der Waals surface area contributed by atoms with E-state index in [2.05, 4.69) is 11.7 Å². The van der Waals surface area contributed by atoms with Gasteiger partial charge in [-0.2, -0.15) is 9.78 Å². The highest BCUT2D eigenvalue weighted by Crippen LogP contribution is 2.37. The molecule has 0 saturated carbocycles. The SMILES string of the molecule is C=C(OC(C)(C)C)c1nn(C(=O)OC(C)(C)C)c2cc(B3OC(C)(C)C(C)(C)O3)ccc12. The molecule has 1 aliphatic heterocycles. The van der Waals surface area contributed by atoms with E-state index in [-0.39, 0.29) is 0 Å². The predicted octanol–water partition coefficient (Wildman–Crippen LogP) is 4.90. The van der Waals surface area contributed by atoms with Crippen molar-refractivity contribution in [1.82, 2.24) is 9.78 Å². The van der Waals surface area contributed by atoms with Crippen LogP contribution in [0.25, 0.3) is 16.7 Å². The van der Waals surface area contributed by atoms with Gasteiger partial charge in [-0.1, -0.05) is 18.7 Å². The zero-order valence-corrected chi connectivity index (χ0v) is 21.0. The predicted molar refractivity (Wildman–Crippen MR) is 127 cm³/mol. The van der Waals surface area contributed by atoms with E-state index in [4.69, 9.17) is 18.8 Å². The van der Waals surface area contributed by atoms with E-state index in [1.54, 1.807) is 0 Å². The summed E-state index contributed by atoms with van der Waals surface area (Å²) in [6.07, 6.45) is -0.580. The Balaban J connectivity index is 2.10. The maximum absolute atomic E-state index is 13.0. The van der Waals surface area contributed by atoms with E-state index >= 15 is 0 Å². The van der Waals surface area contributed by atoms with Gasteiger partial charge in [-0.3, -0.25) is 0 Å². The van der Waals surface area contributed by atoms with Crippen molar-refractivity contribution in [2.45, 2.75) is 91.6 Å². The third kappa shape index (κ3) is 4.86. The Morgan fingerprint density at radius 1 is 1.00 bits per heavy atom. The Kier molecular flexibility index (Phi) is 5.80. The summed E-state index contributed by atoms with van der Waals surface area (Å²) in [5.74, 6) is 0.383. The number of carbonyl (C=O) groups excluding carboxylic acids is 1. The first-order valence-corrected chi connectivity index (χ1v) is 10.9. The monoisotopic (exact) mass is 442 g/mol. The molecule has 7 nitrogen and oxygen atoms in total. The number of ether oxygens (including phenoxy) is 2. The van der Waals surface area contributed by atoms with Crippen molar-refractivity contribution >= 4 is 35.3 Å². The second-order valence-corrected chi connectivity index (χ2v) is 11.2. The van der Waals surface area contributed by atoms with Crippen molar-refractivity contribution in [2.75, 3.05) is 0 Å². The molecular weight excluding hydrogens is 407 g/mol. The van der Waals surface area contributed by atoms with E-state index < -0.39 is 35.6 Å². The second-order valence-electron chi connectivity index (χ2n) is 11.2. The lowest BCUT2D eigenvalue weighted by molar-refractivity contribution is 0.00578. The molecule has 0 atom stereocenters. The number of rotatable bonds is 3. The third-order valence-electron chi connectivity index (χ3n) is 5.49. The largest absolute Gasteiger partial charge is 0.494 e. The summed E-state index contributed by atoms with van der Waals surface area (Å²) in [5, 5.41) is 5.25. The minimum Gasteiger partial charge on any atom is -0.486 e. The van der Waals surface area contributed by atoms with Gasteiger partial charge in [-0.25, -0.2) is 4.79 Å². The first kappa shape index (κ1) is 24.3. The first-order valence-electron chi connectivity index (χ1n) is 10.9. The van der Waals surface area contributed by atoms with Crippen LogP contribution in [0.5, 0.6) is 0 Å². The van der Waals surface area contributed by atoms with Crippen molar-refractivity contribution in [1.29, 1.82) is 0 Å². The molecular formula is C24H35BN2O5. The molecule has 1 aromatic carbocycles. The molecule has 1 aliphatic rings. The topological polar surface area (TPSA) is 71.8 Å². The Bertz CT molecular complexity index is 1040. The number of hydrogen-bond acceptors (Lipinski definition) is 6. The van der Waals surface area contributed by atoms with Crippen molar-refractivity contribution in [3.8, 4) is 0 Å². The van der Waals surface area contributed by atoms with Crippen LogP contribution in [-0.2, 0) is 18.8 Å². The second kappa shape index (κ2) is 7.63. The first-order chi connectivity index (χ1) is 14.4. The van der Waals surface area contributed by atoms with Crippen LogP contribution >= 0.6 is 0 Å². The summed E-state index contributed by atoms with van der Waals surface area (Å²) in [6, 6.07) is 5.65. The van der Waals surface area contributed by atoms with Crippen molar-refractivity contribution < 1.29 is 23.6 Å². The van der Waals surface area contributed by atoms with Crippen LogP contribution in [-0.4, -0.2) is 45.4 Å². The number of hydrogen-bond donors (Lipinski definition) is 0. The number of fused-ring (bicyclic) bond motifs is 1. The quantitative estimate of drug-likeness (QED) is 0.497. The van der Waals surface area contributed by atoms with Gasteiger partial charge >= 0.3 is 13.2 Å². The van der Waals surface area contributed by atoms with Crippen LogP contribution in [0, 0.1) is 0 Å². The molecule has 174 valence electrons. The molecule has 0 N–H and O–H groups in total. The number of aromatic nitrogens is 2. The van der Waals surface area contributed by atoms with Gasteiger partial charge in [-0.05, 0) is 80.8 Å². The average molecular weight is 442 g/mol. The van der Waals surface area contributed by atoms with E-state index in [0.717, 1.165) is 10.8 Å². The molecule has 32 heavy (non-hydrogen) atoms. The summed E-state index contributed by atoms with van der Waals surface area (Å²) in [7, 11) is -0.566. The third-order valence-corrected chi connectivity index (χ3v) is 5.49. The Morgan fingerprint density at radius 2 is 1.53 bits per heavy atom.